The number of aromatic amines is 2. The standard InChI is InChI=1S/C14H13N3O3/c1-19-8-3-4-9(11(7-8)20-2)13-16-10-5-6-15-14(18)12(10)17-13/h3-7H,1-2H3,(H,15,18)(H,16,17). The van der Waals surface area contributed by atoms with Crippen molar-refractivity contribution in [3.8, 4) is 22.9 Å². The maximum absolute atomic E-state index is 11.7. The van der Waals surface area contributed by atoms with E-state index in [2.05, 4.69) is 15.0 Å². The number of methoxy groups -OCH3 is 2. The van der Waals surface area contributed by atoms with E-state index in [0.717, 1.165) is 5.56 Å². The van der Waals surface area contributed by atoms with E-state index < -0.39 is 0 Å². The van der Waals surface area contributed by atoms with Gasteiger partial charge < -0.3 is 19.4 Å². The van der Waals surface area contributed by atoms with Crippen molar-refractivity contribution in [1.29, 1.82) is 0 Å². The van der Waals surface area contributed by atoms with E-state index in [9.17, 15) is 4.79 Å². The topological polar surface area (TPSA) is 80.0 Å². The molecule has 0 atom stereocenters. The number of pyridine rings is 1. The van der Waals surface area contributed by atoms with Crippen LogP contribution in [0.4, 0.5) is 0 Å². The highest BCUT2D eigenvalue weighted by Crippen LogP contribution is 2.32. The molecule has 2 N–H and O–H groups in total. The maximum Gasteiger partial charge on any atom is 0.276 e. The Morgan fingerprint density at radius 1 is 1.15 bits per heavy atom. The molecule has 3 rings (SSSR count). The summed E-state index contributed by atoms with van der Waals surface area (Å²) in [6, 6.07) is 7.19. The fraction of sp³-hybridized carbons (Fsp3) is 0.143. The summed E-state index contributed by atoms with van der Waals surface area (Å²) >= 11 is 0. The normalized spacial score (nSPS) is 10.7. The quantitative estimate of drug-likeness (QED) is 0.762. The number of hydrogen-bond donors (Lipinski definition) is 2. The van der Waals surface area contributed by atoms with E-state index in [1.54, 1.807) is 32.5 Å². The van der Waals surface area contributed by atoms with Crippen LogP contribution in [0.5, 0.6) is 11.5 Å². The van der Waals surface area contributed by atoms with Crippen LogP contribution in [0.3, 0.4) is 0 Å². The van der Waals surface area contributed by atoms with Gasteiger partial charge in [0.15, 0.2) is 5.52 Å². The summed E-state index contributed by atoms with van der Waals surface area (Å²) < 4.78 is 10.5. The number of fused-ring (bicyclic) bond motifs is 1. The fourth-order valence-electron chi connectivity index (χ4n) is 2.07. The highest BCUT2D eigenvalue weighted by molar-refractivity contribution is 5.79. The van der Waals surface area contributed by atoms with Gasteiger partial charge in [0.25, 0.3) is 5.56 Å². The molecule has 0 saturated heterocycles. The van der Waals surface area contributed by atoms with E-state index in [-0.39, 0.29) is 5.56 Å². The number of ether oxygens (including phenoxy) is 2. The number of benzene rings is 1. The minimum absolute atomic E-state index is 0.225. The third-order valence-electron chi connectivity index (χ3n) is 3.08. The van der Waals surface area contributed by atoms with Crippen molar-refractivity contribution in [1.82, 2.24) is 15.0 Å². The molecule has 0 amide bonds. The van der Waals surface area contributed by atoms with Crippen molar-refractivity contribution in [3.05, 3.63) is 40.8 Å². The van der Waals surface area contributed by atoms with Gasteiger partial charge in [-0.1, -0.05) is 0 Å². The van der Waals surface area contributed by atoms with Crippen LogP contribution in [-0.2, 0) is 0 Å². The van der Waals surface area contributed by atoms with E-state index in [0.29, 0.717) is 28.4 Å². The number of rotatable bonds is 3. The van der Waals surface area contributed by atoms with Crippen LogP contribution in [0.2, 0.25) is 0 Å². The molecule has 102 valence electrons. The number of nitrogens with zero attached hydrogens (tertiary/aromatic N) is 1. The zero-order valence-corrected chi connectivity index (χ0v) is 11.1. The molecule has 2 aromatic heterocycles. The molecular weight excluding hydrogens is 258 g/mol. The van der Waals surface area contributed by atoms with E-state index >= 15 is 0 Å². The molecule has 0 fully saturated rings. The minimum Gasteiger partial charge on any atom is -0.497 e. The van der Waals surface area contributed by atoms with Gasteiger partial charge in [-0.15, -0.1) is 0 Å². The predicted molar refractivity (Wildman–Crippen MR) is 75.3 cm³/mol. The molecule has 2 heterocycles. The average Bonchev–Trinajstić information content (AvgIpc) is 2.92. The van der Waals surface area contributed by atoms with Crippen LogP contribution in [0.25, 0.3) is 22.4 Å². The van der Waals surface area contributed by atoms with Crippen molar-refractivity contribution < 1.29 is 9.47 Å². The highest BCUT2D eigenvalue weighted by Gasteiger charge is 2.13. The summed E-state index contributed by atoms with van der Waals surface area (Å²) in [6.45, 7) is 0. The molecule has 20 heavy (non-hydrogen) atoms. The third kappa shape index (κ3) is 1.91. The molecular formula is C14H13N3O3. The Balaban J connectivity index is 2.20. The Kier molecular flexibility index (Phi) is 2.90. The Bertz CT molecular complexity index is 820. The molecule has 0 spiro atoms. The summed E-state index contributed by atoms with van der Waals surface area (Å²) in [7, 11) is 3.17. The lowest BCUT2D eigenvalue weighted by atomic mass is 10.2. The van der Waals surface area contributed by atoms with E-state index in [1.807, 2.05) is 12.1 Å². The van der Waals surface area contributed by atoms with Crippen molar-refractivity contribution >= 4 is 11.0 Å². The van der Waals surface area contributed by atoms with Crippen molar-refractivity contribution in [2.75, 3.05) is 14.2 Å². The maximum atomic E-state index is 11.7. The second-order valence-electron chi connectivity index (χ2n) is 4.22. The summed E-state index contributed by atoms with van der Waals surface area (Å²) in [5.74, 6) is 1.90. The van der Waals surface area contributed by atoms with Crippen molar-refractivity contribution in [3.63, 3.8) is 0 Å². The van der Waals surface area contributed by atoms with E-state index in [4.69, 9.17) is 9.47 Å². The molecule has 0 bridgehead atoms. The second-order valence-corrected chi connectivity index (χ2v) is 4.22. The Labute approximate surface area is 114 Å². The van der Waals surface area contributed by atoms with Crippen molar-refractivity contribution in [2.24, 2.45) is 0 Å². The van der Waals surface area contributed by atoms with Gasteiger partial charge in [-0.2, -0.15) is 0 Å². The summed E-state index contributed by atoms with van der Waals surface area (Å²) in [5.41, 5.74) is 1.60. The first kappa shape index (κ1) is 12.3. The Morgan fingerprint density at radius 3 is 2.70 bits per heavy atom. The molecule has 3 aromatic rings. The lowest BCUT2D eigenvalue weighted by molar-refractivity contribution is 0.395. The van der Waals surface area contributed by atoms with Crippen LogP contribution >= 0.6 is 0 Å². The lowest BCUT2D eigenvalue weighted by Gasteiger charge is -2.08. The second kappa shape index (κ2) is 4.73. The number of hydrogen-bond acceptors (Lipinski definition) is 4. The fourth-order valence-corrected chi connectivity index (χ4v) is 2.07. The molecule has 6 heteroatoms. The van der Waals surface area contributed by atoms with Crippen LogP contribution in [0.1, 0.15) is 0 Å². The average molecular weight is 271 g/mol. The predicted octanol–water partition coefficient (Wildman–Crippen LogP) is 1.94. The van der Waals surface area contributed by atoms with Gasteiger partial charge in [0, 0.05) is 12.3 Å². The Hall–Kier alpha value is -2.76. The van der Waals surface area contributed by atoms with Gasteiger partial charge in [0.05, 0.1) is 25.3 Å². The zero-order valence-electron chi connectivity index (χ0n) is 11.1. The molecule has 0 radical (unpaired) electrons. The lowest BCUT2D eigenvalue weighted by Crippen LogP contribution is -2.03. The first-order chi connectivity index (χ1) is 9.72. The van der Waals surface area contributed by atoms with Crippen LogP contribution in [0.15, 0.2) is 35.3 Å². The molecule has 0 saturated carbocycles. The van der Waals surface area contributed by atoms with Crippen LogP contribution in [-0.4, -0.2) is 29.2 Å². The SMILES string of the molecule is COc1ccc(-c2nc3c(=O)[nH]ccc3[nH]2)c(OC)c1. The largest absolute Gasteiger partial charge is 0.497 e. The summed E-state index contributed by atoms with van der Waals surface area (Å²) in [6.07, 6.45) is 1.58. The third-order valence-corrected chi connectivity index (χ3v) is 3.08. The minimum atomic E-state index is -0.225. The smallest absolute Gasteiger partial charge is 0.276 e. The molecule has 0 aliphatic rings. The first-order valence-corrected chi connectivity index (χ1v) is 6.02. The number of nitrogens with one attached hydrogen (secondary N) is 2. The van der Waals surface area contributed by atoms with Gasteiger partial charge in [-0.3, -0.25) is 4.79 Å². The molecule has 1 aromatic carbocycles. The van der Waals surface area contributed by atoms with Gasteiger partial charge in [-0.25, -0.2) is 4.98 Å². The number of aromatic nitrogens is 3. The molecule has 0 unspecified atom stereocenters. The number of imidazole rings is 1. The highest BCUT2D eigenvalue weighted by atomic mass is 16.5. The van der Waals surface area contributed by atoms with E-state index in [1.165, 1.54) is 0 Å². The van der Waals surface area contributed by atoms with Gasteiger partial charge in [-0.05, 0) is 18.2 Å². The van der Waals surface area contributed by atoms with Crippen molar-refractivity contribution in [2.45, 2.75) is 0 Å². The van der Waals surface area contributed by atoms with Gasteiger partial charge >= 0.3 is 0 Å². The van der Waals surface area contributed by atoms with Gasteiger partial charge in [0.1, 0.15) is 17.3 Å². The summed E-state index contributed by atoms with van der Waals surface area (Å²) in [5, 5.41) is 0. The molecule has 0 aliphatic heterocycles. The summed E-state index contributed by atoms with van der Waals surface area (Å²) in [4.78, 5) is 21.7. The monoisotopic (exact) mass is 271 g/mol. The molecule has 0 aliphatic carbocycles. The van der Waals surface area contributed by atoms with Crippen LogP contribution < -0.4 is 15.0 Å². The van der Waals surface area contributed by atoms with Gasteiger partial charge in [0.2, 0.25) is 0 Å². The van der Waals surface area contributed by atoms with Crippen LogP contribution in [0, 0.1) is 0 Å². The zero-order chi connectivity index (χ0) is 14.1. The first-order valence-electron chi connectivity index (χ1n) is 6.02. The number of H-pyrrole nitrogens is 2. The Morgan fingerprint density at radius 2 is 2.00 bits per heavy atom. The molecule has 6 nitrogen and oxygen atoms in total.